The minimum atomic E-state index is -0.0785. The molecule has 0 N–H and O–H groups in total. The van der Waals surface area contributed by atoms with Crippen molar-refractivity contribution >= 4 is 38.8 Å². The van der Waals surface area contributed by atoms with E-state index in [9.17, 15) is 0 Å². The van der Waals surface area contributed by atoms with E-state index in [-0.39, 0.29) is 35.3 Å². The molecule has 0 amide bonds. The van der Waals surface area contributed by atoms with Gasteiger partial charge in [-0.2, -0.15) is 0 Å². The number of aryl methyl sites for hydroxylation is 2. The monoisotopic (exact) mass is 606 g/mol. The molecule has 1 aliphatic carbocycles. The average molecular weight is 605 g/mol. The zero-order valence-electron chi connectivity index (χ0n) is 21.1. The molecule has 0 heterocycles. The number of benzene rings is 4. The fraction of sp³-hybridized carbons (Fsp3) is 0.188. The van der Waals surface area contributed by atoms with E-state index in [1.807, 2.05) is 0 Å². The summed E-state index contributed by atoms with van der Waals surface area (Å²) in [5.74, 6) is 1.82. The van der Waals surface area contributed by atoms with Gasteiger partial charge in [0, 0.05) is 0 Å². The predicted molar refractivity (Wildman–Crippen MR) is 152 cm³/mol. The van der Waals surface area contributed by atoms with Gasteiger partial charge < -0.3 is 0 Å². The van der Waals surface area contributed by atoms with Gasteiger partial charge in [-0.3, -0.25) is 0 Å². The first-order valence-corrected chi connectivity index (χ1v) is 15.5. The second kappa shape index (κ2) is 10.7. The van der Waals surface area contributed by atoms with E-state index in [1.54, 1.807) is 23.2 Å². The van der Waals surface area contributed by atoms with E-state index in [0.717, 1.165) is 17.9 Å². The molecule has 5 rings (SSSR count). The van der Waals surface area contributed by atoms with Crippen LogP contribution in [0.15, 0.2) is 106 Å². The van der Waals surface area contributed by atoms with Crippen molar-refractivity contribution in [3.63, 3.8) is 0 Å². The average Bonchev–Trinajstić information content (AvgIpc) is 2.91. The van der Waals surface area contributed by atoms with Crippen LogP contribution in [0, 0.1) is 13.8 Å². The molecule has 1 aliphatic rings. The molecule has 0 aromatic heterocycles. The first-order chi connectivity index (χ1) is 17.5. The normalized spacial score (nSPS) is 14.3. The molecular formula is C32H30O2Se2. The van der Waals surface area contributed by atoms with Crippen LogP contribution in [0.25, 0.3) is 0 Å². The standard InChI is InChI=1S/C32H30O2Se2/c1-22-5-9-24(10-6-22)32(25-11-7-23(2)8-12-25)21-30(35-28-17-13-26(33-3)14-18-28)31(32)36-29-19-15-27(34-4)16-20-29/h5-20H,21H2,1-4H3. The van der Waals surface area contributed by atoms with Crippen LogP contribution in [-0.2, 0) is 5.41 Å². The third-order valence-electron chi connectivity index (χ3n) is 6.74. The fourth-order valence-corrected chi connectivity index (χ4v) is 10.3. The predicted octanol–water partition coefficient (Wildman–Crippen LogP) is 5.28. The molecule has 0 spiro atoms. The van der Waals surface area contributed by atoms with E-state index in [2.05, 4.69) is 111 Å². The molecule has 0 atom stereocenters. The topological polar surface area (TPSA) is 18.5 Å². The number of allylic oxidation sites excluding steroid dienone is 2. The second-order valence-electron chi connectivity index (χ2n) is 9.12. The van der Waals surface area contributed by atoms with Gasteiger partial charge in [0.1, 0.15) is 0 Å². The Hall–Kier alpha value is -2.74. The van der Waals surface area contributed by atoms with Crippen LogP contribution in [0.1, 0.15) is 28.7 Å². The molecule has 0 saturated carbocycles. The van der Waals surface area contributed by atoms with Gasteiger partial charge in [-0.25, -0.2) is 0 Å². The molecule has 0 aliphatic heterocycles. The molecule has 2 nitrogen and oxygen atoms in total. The number of ether oxygens (including phenoxy) is 2. The Morgan fingerprint density at radius 3 is 1.39 bits per heavy atom. The molecule has 0 bridgehead atoms. The van der Waals surface area contributed by atoms with Crippen molar-refractivity contribution in [3.8, 4) is 11.5 Å². The molecule has 182 valence electrons. The molecule has 0 unspecified atom stereocenters. The van der Waals surface area contributed by atoms with Gasteiger partial charge in [-0.15, -0.1) is 0 Å². The van der Waals surface area contributed by atoms with E-state index in [1.165, 1.54) is 31.2 Å². The van der Waals surface area contributed by atoms with E-state index < -0.39 is 0 Å². The van der Waals surface area contributed by atoms with Crippen LogP contribution in [0.2, 0.25) is 0 Å². The summed E-state index contributed by atoms with van der Waals surface area (Å²) in [6, 6.07) is 35.7. The molecule has 4 aromatic carbocycles. The molecule has 36 heavy (non-hydrogen) atoms. The van der Waals surface area contributed by atoms with Crippen LogP contribution in [-0.4, -0.2) is 44.1 Å². The van der Waals surface area contributed by atoms with Crippen molar-refractivity contribution in [3.05, 3.63) is 128 Å². The zero-order chi connectivity index (χ0) is 25.1. The van der Waals surface area contributed by atoms with E-state index in [4.69, 9.17) is 9.47 Å². The second-order valence-corrected chi connectivity index (χ2v) is 13.8. The zero-order valence-corrected chi connectivity index (χ0v) is 24.5. The van der Waals surface area contributed by atoms with Crippen molar-refractivity contribution in [2.24, 2.45) is 0 Å². The summed E-state index contributed by atoms with van der Waals surface area (Å²) in [6.45, 7) is 4.33. The summed E-state index contributed by atoms with van der Waals surface area (Å²) >= 11 is 0.471. The maximum atomic E-state index is 5.42. The van der Waals surface area contributed by atoms with Gasteiger partial charge in [0.15, 0.2) is 0 Å². The van der Waals surface area contributed by atoms with Crippen LogP contribution in [0.4, 0.5) is 0 Å². The van der Waals surface area contributed by atoms with Gasteiger partial charge in [0.2, 0.25) is 0 Å². The Morgan fingerprint density at radius 1 is 0.556 bits per heavy atom. The SMILES string of the molecule is COc1ccc([Se]C2=C([Se]c3ccc(OC)cc3)C(c3ccc(C)cc3)(c3ccc(C)cc3)C2)cc1. The Balaban J connectivity index is 1.62. The Kier molecular flexibility index (Phi) is 7.41. The van der Waals surface area contributed by atoms with Crippen LogP contribution >= 0.6 is 0 Å². The molecular weight excluding hydrogens is 574 g/mol. The fourth-order valence-electron chi connectivity index (χ4n) is 4.62. The van der Waals surface area contributed by atoms with Crippen molar-refractivity contribution < 1.29 is 9.47 Å². The Morgan fingerprint density at radius 2 is 0.972 bits per heavy atom. The summed E-state index contributed by atoms with van der Waals surface area (Å²) < 4.78 is 16.8. The molecule has 0 saturated heterocycles. The number of hydrogen-bond donors (Lipinski definition) is 0. The van der Waals surface area contributed by atoms with Gasteiger partial charge in [0.05, 0.1) is 0 Å². The maximum absolute atomic E-state index is 5.42. The third-order valence-corrected chi connectivity index (χ3v) is 12.4. The first kappa shape index (κ1) is 24.9. The summed E-state index contributed by atoms with van der Waals surface area (Å²) in [5.41, 5.74) is 5.32. The Labute approximate surface area is 227 Å². The quantitative estimate of drug-likeness (QED) is 0.255. The van der Waals surface area contributed by atoms with Crippen LogP contribution in [0.5, 0.6) is 11.5 Å². The molecule has 0 fully saturated rings. The summed E-state index contributed by atoms with van der Waals surface area (Å²) in [4.78, 5) is 0. The third kappa shape index (κ3) is 4.92. The number of hydrogen-bond acceptors (Lipinski definition) is 2. The molecule has 4 aromatic rings. The van der Waals surface area contributed by atoms with E-state index >= 15 is 0 Å². The summed E-state index contributed by atoms with van der Waals surface area (Å²) in [6.07, 6.45) is 1.07. The summed E-state index contributed by atoms with van der Waals surface area (Å²) in [5, 5.41) is 0. The van der Waals surface area contributed by atoms with Gasteiger partial charge in [0.25, 0.3) is 0 Å². The van der Waals surface area contributed by atoms with Crippen molar-refractivity contribution in [2.75, 3.05) is 14.2 Å². The van der Waals surface area contributed by atoms with Gasteiger partial charge >= 0.3 is 228 Å². The molecule has 4 heteroatoms. The minimum absolute atomic E-state index is 0.0785. The van der Waals surface area contributed by atoms with Crippen LogP contribution in [0.3, 0.4) is 0 Å². The first-order valence-electron chi connectivity index (χ1n) is 12.0. The van der Waals surface area contributed by atoms with Crippen molar-refractivity contribution in [2.45, 2.75) is 25.7 Å². The van der Waals surface area contributed by atoms with Gasteiger partial charge in [-0.1, -0.05) is 0 Å². The van der Waals surface area contributed by atoms with E-state index in [0.29, 0.717) is 0 Å². The number of rotatable bonds is 8. The number of methoxy groups -OCH3 is 2. The summed E-state index contributed by atoms with van der Waals surface area (Å²) in [7, 11) is 3.45. The Bertz CT molecular complexity index is 1310. The van der Waals surface area contributed by atoms with Gasteiger partial charge in [-0.05, 0) is 0 Å². The van der Waals surface area contributed by atoms with Crippen LogP contribution < -0.4 is 18.4 Å². The van der Waals surface area contributed by atoms with Crippen molar-refractivity contribution in [1.29, 1.82) is 0 Å². The molecule has 0 radical (unpaired) electrons. The van der Waals surface area contributed by atoms with Crippen molar-refractivity contribution in [1.82, 2.24) is 0 Å².